The van der Waals surface area contributed by atoms with Gasteiger partial charge >= 0.3 is 10.2 Å². The fourth-order valence-corrected chi connectivity index (χ4v) is 2.55. The van der Waals surface area contributed by atoms with Crippen molar-refractivity contribution < 1.29 is 13.5 Å². The van der Waals surface area contributed by atoms with E-state index < -0.39 is 10.2 Å². The summed E-state index contributed by atoms with van der Waals surface area (Å²) in [7, 11) is -3.74. The molecule has 0 amide bonds. The highest BCUT2D eigenvalue weighted by atomic mass is 32.2. The minimum Gasteiger partial charge on any atom is -0.396 e. The largest absolute Gasteiger partial charge is 0.396 e. The number of nitrogens with zero attached hydrogens (tertiary/aromatic N) is 1. The maximum Gasteiger partial charge on any atom is 0.344 e. The van der Waals surface area contributed by atoms with Gasteiger partial charge in [-0.2, -0.15) is 8.42 Å². The van der Waals surface area contributed by atoms with Gasteiger partial charge in [0.25, 0.3) is 0 Å². The van der Waals surface area contributed by atoms with E-state index in [1.165, 1.54) is 0 Å². The monoisotopic (exact) mass is 267 g/mol. The van der Waals surface area contributed by atoms with Crippen LogP contribution in [-0.4, -0.2) is 26.0 Å². The Kier molecular flexibility index (Phi) is 3.35. The highest BCUT2D eigenvalue weighted by Crippen LogP contribution is 2.26. The molecule has 0 spiro atoms. The van der Waals surface area contributed by atoms with Crippen LogP contribution < -0.4 is 10.5 Å². The molecule has 1 aromatic rings. The third-order valence-corrected chi connectivity index (χ3v) is 3.32. The van der Waals surface area contributed by atoms with E-state index in [0.717, 1.165) is 5.56 Å². The van der Waals surface area contributed by atoms with E-state index in [0.29, 0.717) is 17.7 Å². The highest BCUT2D eigenvalue weighted by Gasteiger charge is 2.22. The number of fused-ring (bicyclic) bond motifs is 1. The van der Waals surface area contributed by atoms with Crippen LogP contribution in [0.15, 0.2) is 28.7 Å². The third kappa shape index (κ3) is 2.52. The maximum atomic E-state index is 11.4. The van der Waals surface area contributed by atoms with Crippen LogP contribution >= 0.6 is 0 Å². The van der Waals surface area contributed by atoms with E-state index in [1.807, 2.05) is 0 Å². The van der Waals surface area contributed by atoms with Gasteiger partial charge in [-0.1, -0.05) is 24.3 Å². The fraction of sp³-hybridized carbons (Fsp3) is 0.182. The molecular formula is C11H13N3O3S. The Morgan fingerprint density at radius 1 is 1.44 bits per heavy atom. The summed E-state index contributed by atoms with van der Waals surface area (Å²) in [5, 5.41) is 8.71. The number of nitrogens with two attached hydrogens (primary N) is 1. The minimum absolute atomic E-state index is 0.0343. The minimum atomic E-state index is -3.74. The average Bonchev–Trinajstić information content (AvgIpc) is 2.27. The molecule has 2 rings (SSSR count). The molecule has 7 heteroatoms. The number of nitrogens with one attached hydrogen (secondary N) is 1. The Morgan fingerprint density at radius 2 is 2.22 bits per heavy atom. The van der Waals surface area contributed by atoms with Gasteiger partial charge in [-0.15, -0.1) is 4.40 Å². The number of hydrogen-bond donors (Lipinski definition) is 3. The number of rotatable bonds is 3. The SMILES string of the molecule is NC1=NS(=O)(=O)Nc2cccc(/C=C/CCO)c21. The second kappa shape index (κ2) is 4.79. The van der Waals surface area contributed by atoms with Gasteiger partial charge in [-0.25, -0.2) is 0 Å². The normalized spacial score (nSPS) is 17.1. The van der Waals surface area contributed by atoms with Crippen molar-refractivity contribution >= 4 is 27.8 Å². The van der Waals surface area contributed by atoms with Crippen molar-refractivity contribution in [1.29, 1.82) is 0 Å². The maximum absolute atomic E-state index is 11.4. The van der Waals surface area contributed by atoms with Gasteiger partial charge in [0, 0.05) is 12.2 Å². The van der Waals surface area contributed by atoms with E-state index in [4.69, 9.17) is 10.8 Å². The van der Waals surface area contributed by atoms with Gasteiger partial charge in [-0.3, -0.25) is 4.72 Å². The van der Waals surface area contributed by atoms with E-state index in [9.17, 15) is 8.42 Å². The number of anilines is 1. The molecule has 0 saturated heterocycles. The molecule has 0 fully saturated rings. The Hall–Kier alpha value is -1.86. The molecule has 96 valence electrons. The van der Waals surface area contributed by atoms with Crippen molar-refractivity contribution in [2.45, 2.75) is 6.42 Å². The molecule has 1 aliphatic rings. The number of aliphatic hydroxyl groups is 1. The summed E-state index contributed by atoms with van der Waals surface area (Å²) in [5.74, 6) is -0.0343. The van der Waals surface area contributed by atoms with Gasteiger partial charge < -0.3 is 10.8 Å². The second-order valence-corrected chi connectivity index (χ2v) is 5.07. The van der Waals surface area contributed by atoms with Crippen LogP contribution in [0.4, 0.5) is 5.69 Å². The first kappa shape index (κ1) is 12.6. The summed E-state index contributed by atoms with van der Waals surface area (Å²) >= 11 is 0. The second-order valence-electron chi connectivity index (χ2n) is 3.74. The molecule has 4 N–H and O–H groups in total. The summed E-state index contributed by atoms with van der Waals surface area (Å²) < 4.78 is 28.5. The zero-order chi connectivity index (χ0) is 13.2. The van der Waals surface area contributed by atoms with Crippen LogP contribution in [-0.2, 0) is 10.2 Å². The lowest BCUT2D eigenvalue weighted by molar-refractivity contribution is 0.303. The lowest BCUT2D eigenvalue weighted by atomic mass is 10.0. The molecule has 0 atom stereocenters. The highest BCUT2D eigenvalue weighted by molar-refractivity contribution is 7.91. The predicted molar refractivity (Wildman–Crippen MR) is 70.4 cm³/mol. The molecule has 18 heavy (non-hydrogen) atoms. The van der Waals surface area contributed by atoms with Crippen LogP contribution in [0.2, 0.25) is 0 Å². The fourth-order valence-electron chi connectivity index (χ4n) is 1.70. The zero-order valence-electron chi connectivity index (χ0n) is 9.50. The molecule has 1 aromatic carbocycles. The average molecular weight is 267 g/mol. The standard InChI is InChI=1S/C11H13N3O3S/c12-11-10-8(4-1-2-7-15)5-3-6-9(10)13-18(16,17)14-11/h1,3-6,13,15H,2,7H2,(H2,12,14)/b4-1+. The van der Waals surface area contributed by atoms with E-state index in [-0.39, 0.29) is 12.4 Å². The van der Waals surface area contributed by atoms with Gasteiger partial charge in [0.2, 0.25) is 0 Å². The molecule has 1 aliphatic heterocycles. The zero-order valence-corrected chi connectivity index (χ0v) is 10.3. The molecule has 0 aromatic heterocycles. The van der Waals surface area contributed by atoms with Crippen molar-refractivity contribution in [3.8, 4) is 0 Å². The van der Waals surface area contributed by atoms with Crippen LogP contribution in [0.1, 0.15) is 17.5 Å². The Morgan fingerprint density at radius 3 is 2.94 bits per heavy atom. The van der Waals surface area contributed by atoms with Crippen molar-refractivity contribution in [3.05, 3.63) is 35.4 Å². The van der Waals surface area contributed by atoms with Crippen molar-refractivity contribution in [2.75, 3.05) is 11.3 Å². The molecule has 0 saturated carbocycles. The lowest BCUT2D eigenvalue weighted by Gasteiger charge is -2.17. The summed E-state index contributed by atoms with van der Waals surface area (Å²) in [5.41, 5.74) is 7.40. The van der Waals surface area contributed by atoms with Crippen molar-refractivity contribution in [1.82, 2.24) is 0 Å². The summed E-state index contributed by atoms with van der Waals surface area (Å²) in [6.45, 7) is 0.0573. The molecule has 0 unspecified atom stereocenters. The quantitative estimate of drug-likeness (QED) is 0.739. The first-order chi connectivity index (χ1) is 8.53. The van der Waals surface area contributed by atoms with Crippen LogP contribution in [0, 0.1) is 0 Å². The summed E-state index contributed by atoms with van der Waals surface area (Å²) in [6, 6.07) is 5.14. The molecule has 0 bridgehead atoms. The van der Waals surface area contributed by atoms with Crippen LogP contribution in [0.5, 0.6) is 0 Å². The van der Waals surface area contributed by atoms with Gasteiger partial charge in [0.05, 0.1) is 5.69 Å². The Labute approximate surface area is 105 Å². The topological polar surface area (TPSA) is 105 Å². The number of aliphatic hydroxyl groups excluding tert-OH is 1. The first-order valence-corrected chi connectivity index (χ1v) is 6.76. The number of hydrogen-bond acceptors (Lipinski definition) is 4. The Bertz CT molecular complexity index is 620. The summed E-state index contributed by atoms with van der Waals surface area (Å²) in [4.78, 5) is 0. The number of amidine groups is 1. The molecule has 1 heterocycles. The predicted octanol–water partition coefficient (Wildman–Crippen LogP) is 0.458. The molecular weight excluding hydrogens is 254 g/mol. The van der Waals surface area contributed by atoms with Crippen molar-refractivity contribution in [3.63, 3.8) is 0 Å². The molecule has 0 radical (unpaired) electrons. The van der Waals surface area contributed by atoms with Crippen LogP contribution in [0.25, 0.3) is 6.08 Å². The van der Waals surface area contributed by atoms with Gasteiger partial charge in [-0.05, 0) is 18.1 Å². The smallest absolute Gasteiger partial charge is 0.344 e. The first-order valence-electron chi connectivity index (χ1n) is 5.32. The molecule has 0 aliphatic carbocycles. The summed E-state index contributed by atoms with van der Waals surface area (Å²) in [6.07, 6.45) is 4.08. The van der Waals surface area contributed by atoms with Crippen molar-refractivity contribution in [2.24, 2.45) is 10.1 Å². The Balaban J connectivity index is 2.49. The van der Waals surface area contributed by atoms with Gasteiger partial charge in [0.15, 0.2) is 0 Å². The van der Waals surface area contributed by atoms with E-state index >= 15 is 0 Å². The third-order valence-electron chi connectivity index (χ3n) is 2.40. The number of benzene rings is 1. The van der Waals surface area contributed by atoms with E-state index in [1.54, 1.807) is 30.4 Å². The van der Waals surface area contributed by atoms with Gasteiger partial charge in [0.1, 0.15) is 5.84 Å². The lowest BCUT2D eigenvalue weighted by Crippen LogP contribution is -2.27. The van der Waals surface area contributed by atoms with Crippen LogP contribution in [0.3, 0.4) is 0 Å². The molecule has 6 nitrogen and oxygen atoms in total. The van der Waals surface area contributed by atoms with E-state index in [2.05, 4.69) is 9.12 Å².